The van der Waals surface area contributed by atoms with Crippen molar-refractivity contribution in [2.24, 2.45) is 11.1 Å². The third-order valence-electron chi connectivity index (χ3n) is 2.86. The number of ether oxygens (including phenoxy) is 1. The number of carbonyl (C=O) groups excluding carboxylic acids is 1. The first-order chi connectivity index (χ1) is 7.29. The van der Waals surface area contributed by atoms with Crippen molar-refractivity contribution in [2.75, 3.05) is 13.7 Å². The van der Waals surface area contributed by atoms with Crippen molar-refractivity contribution >= 4 is 5.91 Å². The molecule has 0 aromatic rings. The van der Waals surface area contributed by atoms with Gasteiger partial charge in [-0.2, -0.15) is 0 Å². The van der Waals surface area contributed by atoms with Crippen molar-refractivity contribution in [3.05, 3.63) is 0 Å². The molecule has 0 heterocycles. The average Bonchev–Trinajstić information content (AvgIpc) is 2.16. The number of rotatable bonds is 6. The van der Waals surface area contributed by atoms with Gasteiger partial charge in [-0.1, -0.05) is 20.8 Å². The molecule has 0 bridgehead atoms. The van der Waals surface area contributed by atoms with Gasteiger partial charge in [-0.05, 0) is 25.2 Å². The van der Waals surface area contributed by atoms with Crippen LogP contribution in [-0.4, -0.2) is 31.7 Å². The van der Waals surface area contributed by atoms with E-state index in [9.17, 15) is 4.79 Å². The highest BCUT2D eigenvalue weighted by Gasteiger charge is 2.23. The summed E-state index contributed by atoms with van der Waals surface area (Å²) in [6, 6.07) is -0.312. The summed E-state index contributed by atoms with van der Waals surface area (Å²) in [7, 11) is 1.65. The van der Waals surface area contributed by atoms with E-state index in [0.29, 0.717) is 13.0 Å². The number of nitrogens with two attached hydrogens (primary N) is 1. The van der Waals surface area contributed by atoms with Crippen LogP contribution in [0.2, 0.25) is 0 Å². The zero-order valence-electron chi connectivity index (χ0n) is 11.2. The maximum Gasteiger partial charge on any atom is 0.237 e. The first kappa shape index (κ1) is 15.4. The molecule has 4 nitrogen and oxygen atoms in total. The van der Waals surface area contributed by atoms with Crippen molar-refractivity contribution in [3.8, 4) is 0 Å². The Morgan fingerprint density at radius 1 is 1.44 bits per heavy atom. The molecular formula is C12H26N2O2. The lowest BCUT2D eigenvalue weighted by Gasteiger charge is -2.29. The van der Waals surface area contributed by atoms with Gasteiger partial charge in [-0.3, -0.25) is 4.79 Å². The van der Waals surface area contributed by atoms with Gasteiger partial charge in [0.2, 0.25) is 5.91 Å². The predicted octanol–water partition coefficient (Wildman–Crippen LogP) is 1.29. The fourth-order valence-electron chi connectivity index (χ4n) is 1.12. The van der Waals surface area contributed by atoms with Crippen molar-refractivity contribution in [1.29, 1.82) is 0 Å². The highest BCUT2D eigenvalue weighted by molar-refractivity contribution is 5.81. The van der Waals surface area contributed by atoms with Crippen molar-refractivity contribution in [1.82, 2.24) is 5.32 Å². The molecule has 16 heavy (non-hydrogen) atoms. The Kier molecular flexibility index (Phi) is 6.60. The first-order valence-electron chi connectivity index (χ1n) is 5.84. The van der Waals surface area contributed by atoms with Crippen LogP contribution in [-0.2, 0) is 9.53 Å². The maximum atomic E-state index is 11.7. The van der Waals surface area contributed by atoms with E-state index in [1.165, 1.54) is 0 Å². The number of hydrogen-bond donors (Lipinski definition) is 2. The molecule has 0 aromatic heterocycles. The van der Waals surface area contributed by atoms with Crippen LogP contribution < -0.4 is 11.1 Å². The van der Waals surface area contributed by atoms with E-state index in [1.54, 1.807) is 7.11 Å². The molecule has 0 aliphatic carbocycles. The Labute approximate surface area is 98.9 Å². The molecule has 0 spiro atoms. The molecule has 0 radical (unpaired) electrons. The monoisotopic (exact) mass is 230 g/mol. The zero-order valence-corrected chi connectivity index (χ0v) is 11.2. The molecular weight excluding hydrogens is 204 g/mol. The molecule has 96 valence electrons. The normalized spacial score (nSPS) is 15.6. The van der Waals surface area contributed by atoms with Crippen LogP contribution in [0.3, 0.4) is 0 Å². The van der Waals surface area contributed by atoms with Gasteiger partial charge in [0, 0.05) is 19.8 Å². The van der Waals surface area contributed by atoms with Crippen molar-refractivity contribution < 1.29 is 9.53 Å². The zero-order chi connectivity index (χ0) is 12.8. The third-order valence-corrected chi connectivity index (χ3v) is 2.86. The van der Waals surface area contributed by atoms with E-state index in [-0.39, 0.29) is 17.4 Å². The highest BCUT2D eigenvalue weighted by Crippen LogP contribution is 2.18. The van der Waals surface area contributed by atoms with Crippen molar-refractivity contribution in [2.45, 2.75) is 52.6 Å². The van der Waals surface area contributed by atoms with Crippen LogP contribution in [0, 0.1) is 5.41 Å². The molecule has 0 rings (SSSR count). The van der Waals surface area contributed by atoms with E-state index in [2.05, 4.69) is 26.1 Å². The van der Waals surface area contributed by atoms with Gasteiger partial charge in [0.1, 0.15) is 0 Å². The van der Waals surface area contributed by atoms with Gasteiger partial charge >= 0.3 is 0 Å². The fourth-order valence-corrected chi connectivity index (χ4v) is 1.12. The first-order valence-corrected chi connectivity index (χ1v) is 5.84. The molecule has 1 amide bonds. The van der Waals surface area contributed by atoms with Crippen LogP contribution in [0.1, 0.15) is 40.5 Å². The second kappa shape index (κ2) is 6.86. The van der Waals surface area contributed by atoms with Crippen LogP contribution in [0.15, 0.2) is 0 Å². The lowest BCUT2D eigenvalue weighted by Crippen LogP contribution is -2.48. The van der Waals surface area contributed by atoms with Crippen LogP contribution in [0.4, 0.5) is 0 Å². The Hall–Kier alpha value is -0.610. The van der Waals surface area contributed by atoms with Crippen LogP contribution in [0.25, 0.3) is 0 Å². The second-order valence-corrected chi connectivity index (χ2v) is 5.34. The molecule has 0 fully saturated rings. The highest BCUT2D eigenvalue weighted by atomic mass is 16.5. The summed E-state index contributed by atoms with van der Waals surface area (Å²) < 4.78 is 4.92. The largest absolute Gasteiger partial charge is 0.385 e. The van der Waals surface area contributed by atoms with Gasteiger partial charge in [0.05, 0.1) is 6.04 Å². The quantitative estimate of drug-likeness (QED) is 0.676. The molecule has 2 atom stereocenters. The standard InChI is InChI=1S/C12H26N2O2/c1-9(12(2,3)4)14-11(15)10(13)7-6-8-16-5/h9-10H,6-8,13H2,1-5H3,(H,14,15). The average molecular weight is 230 g/mol. The molecule has 3 N–H and O–H groups in total. The molecule has 0 saturated carbocycles. The van der Waals surface area contributed by atoms with Crippen LogP contribution in [0.5, 0.6) is 0 Å². The number of methoxy groups -OCH3 is 1. The summed E-state index contributed by atoms with van der Waals surface area (Å²) in [5.74, 6) is -0.0708. The van der Waals surface area contributed by atoms with Crippen molar-refractivity contribution in [3.63, 3.8) is 0 Å². The molecule has 2 unspecified atom stereocenters. The van der Waals surface area contributed by atoms with Gasteiger partial charge < -0.3 is 15.8 Å². The lowest BCUT2D eigenvalue weighted by molar-refractivity contribution is -0.123. The Morgan fingerprint density at radius 3 is 2.44 bits per heavy atom. The van der Waals surface area contributed by atoms with Gasteiger partial charge in [-0.15, -0.1) is 0 Å². The fraction of sp³-hybridized carbons (Fsp3) is 0.917. The van der Waals surface area contributed by atoms with E-state index < -0.39 is 6.04 Å². The number of nitrogens with one attached hydrogen (secondary N) is 1. The van der Waals surface area contributed by atoms with E-state index in [1.807, 2.05) is 6.92 Å². The number of carbonyl (C=O) groups is 1. The SMILES string of the molecule is COCCCC(N)C(=O)NC(C)C(C)(C)C. The van der Waals surface area contributed by atoms with E-state index >= 15 is 0 Å². The summed E-state index contributed by atoms with van der Waals surface area (Å²) in [6.07, 6.45) is 1.48. The minimum atomic E-state index is -0.431. The maximum absolute atomic E-state index is 11.7. The van der Waals surface area contributed by atoms with Crippen LogP contribution >= 0.6 is 0 Å². The molecule has 0 aliphatic rings. The smallest absolute Gasteiger partial charge is 0.237 e. The third kappa shape index (κ3) is 6.08. The molecule has 0 saturated heterocycles. The Bertz CT molecular complexity index is 212. The summed E-state index contributed by atoms with van der Waals surface area (Å²) in [5, 5.41) is 2.94. The number of amides is 1. The summed E-state index contributed by atoms with van der Waals surface area (Å²) in [4.78, 5) is 11.7. The predicted molar refractivity (Wildman–Crippen MR) is 66.1 cm³/mol. The minimum absolute atomic E-state index is 0.0575. The van der Waals surface area contributed by atoms with Gasteiger partial charge in [0.15, 0.2) is 0 Å². The molecule has 0 aromatic carbocycles. The van der Waals surface area contributed by atoms with E-state index in [0.717, 1.165) is 6.42 Å². The number of hydrogen-bond acceptors (Lipinski definition) is 3. The second-order valence-electron chi connectivity index (χ2n) is 5.34. The lowest BCUT2D eigenvalue weighted by atomic mass is 9.88. The Balaban J connectivity index is 3.96. The topological polar surface area (TPSA) is 64.3 Å². The van der Waals surface area contributed by atoms with E-state index in [4.69, 9.17) is 10.5 Å². The summed E-state index contributed by atoms with van der Waals surface area (Å²) in [6.45, 7) is 8.92. The minimum Gasteiger partial charge on any atom is -0.385 e. The molecule has 0 aliphatic heterocycles. The summed E-state index contributed by atoms with van der Waals surface area (Å²) in [5.41, 5.74) is 5.84. The molecule has 4 heteroatoms. The van der Waals surface area contributed by atoms with Gasteiger partial charge in [0.25, 0.3) is 0 Å². The van der Waals surface area contributed by atoms with Gasteiger partial charge in [-0.25, -0.2) is 0 Å². The summed E-state index contributed by atoms with van der Waals surface area (Å²) >= 11 is 0. The Morgan fingerprint density at radius 2 is 2.00 bits per heavy atom.